The van der Waals surface area contributed by atoms with Gasteiger partial charge < -0.3 is 15.0 Å². The molecule has 7 nitrogen and oxygen atoms in total. The fourth-order valence-corrected chi connectivity index (χ4v) is 4.10. The average molecular weight is 429 g/mol. The van der Waals surface area contributed by atoms with Gasteiger partial charge in [0.15, 0.2) is 27.4 Å². The molecule has 1 aromatic carbocycles. The van der Waals surface area contributed by atoms with Crippen LogP contribution in [0.4, 0.5) is 4.39 Å². The molecule has 9 heteroatoms. The lowest BCUT2D eigenvalue weighted by molar-refractivity contribution is 0.172. The number of nitrogens with one attached hydrogen (secondary N) is 1. The number of benzene rings is 1. The zero-order chi connectivity index (χ0) is 21.7. The third-order valence-corrected chi connectivity index (χ3v) is 7.70. The molecule has 1 aromatic rings. The van der Waals surface area contributed by atoms with Crippen molar-refractivity contribution in [1.29, 1.82) is 0 Å². The molecule has 0 atom stereocenters. The molecule has 0 aromatic heterocycles. The molecule has 0 amide bonds. The Balaban J connectivity index is 1.83. The zero-order valence-electron chi connectivity index (χ0n) is 18.0. The van der Waals surface area contributed by atoms with Gasteiger partial charge in [0.25, 0.3) is 0 Å². The normalized spacial score (nSPS) is 16.8. The molecule has 1 heterocycles. The van der Waals surface area contributed by atoms with Gasteiger partial charge in [-0.3, -0.25) is 9.89 Å². The molecule has 29 heavy (non-hydrogen) atoms. The second-order valence-corrected chi connectivity index (χ2v) is 11.0. The van der Waals surface area contributed by atoms with Crippen LogP contribution >= 0.6 is 0 Å². The van der Waals surface area contributed by atoms with Crippen LogP contribution in [0.3, 0.4) is 0 Å². The number of sulfone groups is 1. The molecular weight excluding hydrogens is 395 g/mol. The molecule has 1 saturated heterocycles. The topological polar surface area (TPSA) is 74.2 Å². The third-order valence-electron chi connectivity index (χ3n) is 5.09. The summed E-state index contributed by atoms with van der Waals surface area (Å²) in [4.78, 5) is 8.67. The SMILES string of the molecule is CN=C(NCCS(=O)(=O)C(C)(C)C)N1CCN(Cc2ccc(OC)c(F)c2)CC1. The highest BCUT2D eigenvalue weighted by Crippen LogP contribution is 2.19. The smallest absolute Gasteiger partial charge is 0.193 e. The van der Waals surface area contributed by atoms with E-state index in [1.807, 2.05) is 6.07 Å². The molecule has 0 aliphatic carbocycles. The van der Waals surface area contributed by atoms with E-state index in [9.17, 15) is 12.8 Å². The van der Waals surface area contributed by atoms with E-state index in [4.69, 9.17) is 4.74 Å². The van der Waals surface area contributed by atoms with Gasteiger partial charge in [-0.2, -0.15) is 0 Å². The number of guanidine groups is 1. The second kappa shape index (κ2) is 9.75. The first-order valence-corrected chi connectivity index (χ1v) is 11.5. The number of hydrogen-bond acceptors (Lipinski definition) is 5. The van der Waals surface area contributed by atoms with Crippen molar-refractivity contribution >= 4 is 15.8 Å². The van der Waals surface area contributed by atoms with Gasteiger partial charge in [-0.1, -0.05) is 6.07 Å². The first kappa shape index (κ1) is 23.4. The summed E-state index contributed by atoms with van der Waals surface area (Å²) in [5.74, 6) is 0.683. The monoisotopic (exact) mass is 428 g/mol. The van der Waals surface area contributed by atoms with Crippen LogP contribution in [0.2, 0.25) is 0 Å². The Kier molecular flexibility index (Phi) is 7.87. The van der Waals surface area contributed by atoms with Gasteiger partial charge in [-0.15, -0.1) is 0 Å². The van der Waals surface area contributed by atoms with Gasteiger partial charge in [0.1, 0.15) is 0 Å². The number of rotatable bonds is 6. The van der Waals surface area contributed by atoms with Crippen molar-refractivity contribution < 1.29 is 17.5 Å². The lowest BCUT2D eigenvalue weighted by atomic mass is 10.2. The van der Waals surface area contributed by atoms with Crippen LogP contribution in [-0.2, 0) is 16.4 Å². The van der Waals surface area contributed by atoms with Crippen molar-refractivity contribution in [2.45, 2.75) is 32.1 Å². The molecule has 1 aliphatic heterocycles. The standard InChI is InChI=1S/C20H33FN4O3S/c1-20(2,3)29(26,27)13-8-23-19(22-4)25-11-9-24(10-12-25)15-16-6-7-18(28-5)17(21)14-16/h6-7,14H,8-13,15H2,1-5H3,(H,22,23). The van der Waals surface area contributed by atoms with Crippen molar-refractivity contribution in [3.05, 3.63) is 29.6 Å². The van der Waals surface area contributed by atoms with Crippen molar-refractivity contribution in [2.24, 2.45) is 4.99 Å². The van der Waals surface area contributed by atoms with Crippen LogP contribution in [0.25, 0.3) is 0 Å². The van der Waals surface area contributed by atoms with Crippen LogP contribution in [0.15, 0.2) is 23.2 Å². The first-order valence-electron chi connectivity index (χ1n) is 9.80. The minimum atomic E-state index is -3.17. The Morgan fingerprint density at radius 2 is 1.90 bits per heavy atom. The highest BCUT2D eigenvalue weighted by molar-refractivity contribution is 7.92. The minimum Gasteiger partial charge on any atom is -0.494 e. The summed E-state index contributed by atoms with van der Waals surface area (Å²) in [5, 5.41) is 3.17. The summed E-state index contributed by atoms with van der Waals surface area (Å²) >= 11 is 0. The highest BCUT2D eigenvalue weighted by Gasteiger charge is 2.28. The van der Waals surface area contributed by atoms with E-state index in [-0.39, 0.29) is 17.3 Å². The van der Waals surface area contributed by atoms with E-state index in [0.29, 0.717) is 19.0 Å². The van der Waals surface area contributed by atoms with Crippen molar-refractivity contribution in [3.8, 4) is 5.75 Å². The maximum Gasteiger partial charge on any atom is 0.193 e. The molecule has 164 valence electrons. The van der Waals surface area contributed by atoms with Gasteiger partial charge in [0.05, 0.1) is 17.6 Å². The van der Waals surface area contributed by atoms with E-state index in [1.54, 1.807) is 33.9 Å². The Morgan fingerprint density at radius 1 is 1.24 bits per heavy atom. The molecule has 2 rings (SSSR count). The van der Waals surface area contributed by atoms with Crippen molar-refractivity contribution in [1.82, 2.24) is 15.1 Å². The Labute approximate surface area is 173 Å². The zero-order valence-corrected chi connectivity index (χ0v) is 18.9. The minimum absolute atomic E-state index is 0.0680. The van der Waals surface area contributed by atoms with Crippen LogP contribution in [-0.4, -0.2) is 81.6 Å². The third kappa shape index (κ3) is 6.30. The van der Waals surface area contributed by atoms with Crippen LogP contribution < -0.4 is 10.1 Å². The molecule has 0 unspecified atom stereocenters. The molecular formula is C20H33FN4O3S. The number of aliphatic imine (C=N–C) groups is 1. The number of piperazine rings is 1. The van der Waals surface area contributed by atoms with Crippen LogP contribution in [0, 0.1) is 5.82 Å². The largest absolute Gasteiger partial charge is 0.494 e. The summed E-state index contributed by atoms with van der Waals surface area (Å²) in [5.41, 5.74) is 0.909. The van der Waals surface area contributed by atoms with E-state index in [0.717, 1.165) is 31.7 Å². The summed E-state index contributed by atoms with van der Waals surface area (Å²) in [6.45, 7) is 9.31. The Morgan fingerprint density at radius 3 is 2.41 bits per heavy atom. The van der Waals surface area contributed by atoms with Crippen LogP contribution in [0.1, 0.15) is 26.3 Å². The number of nitrogens with zero attached hydrogens (tertiary/aromatic N) is 3. The number of halogens is 1. The van der Waals surface area contributed by atoms with Gasteiger partial charge in [0, 0.05) is 46.3 Å². The van der Waals surface area contributed by atoms with Crippen molar-refractivity contribution in [2.75, 3.05) is 52.6 Å². The first-order chi connectivity index (χ1) is 13.6. The maximum absolute atomic E-state index is 13.9. The molecule has 1 fully saturated rings. The fourth-order valence-electron chi connectivity index (χ4n) is 3.12. The van der Waals surface area contributed by atoms with Gasteiger partial charge in [-0.25, -0.2) is 12.8 Å². The predicted octanol–water partition coefficient (Wildman–Crippen LogP) is 1.74. The summed E-state index contributed by atoms with van der Waals surface area (Å²) < 4.78 is 42.6. The Bertz CT molecular complexity index is 814. The summed E-state index contributed by atoms with van der Waals surface area (Å²) in [6.07, 6.45) is 0. The molecule has 0 bridgehead atoms. The maximum atomic E-state index is 13.9. The second-order valence-electron chi connectivity index (χ2n) is 8.14. The van der Waals surface area contributed by atoms with Gasteiger partial charge in [0.2, 0.25) is 0 Å². The molecule has 0 radical (unpaired) electrons. The molecule has 0 spiro atoms. The van der Waals surface area contributed by atoms with E-state index < -0.39 is 14.6 Å². The fraction of sp³-hybridized carbons (Fsp3) is 0.650. The Hall–Kier alpha value is -1.87. The molecule has 1 N–H and O–H groups in total. The van der Waals surface area contributed by atoms with E-state index >= 15 is 0 Å². The lowest BCUT2D eigenvalue weighted by Crippen LogP contribution is -2.52. The summed E-state index contributed by atoms with van der Waals surface area (Å²) in [6, 6.07) is 5.05. The lowest BCUT2D eigenvalue weighted by Gasteiger charge is -2.36. The van der Waals surface area contributed by atoms with Gasteiger partial charge in [-0.05, 0) is 38.5 Å². The molecule has 0 saturated carbocycles. The van der Waals surface area contributed by atoms with Gasteiger partial charge >= 0.3 is 0 Å². The molecule has 1 aliphatic rings. The number of methoxy groups -OCH3 is 1. The average Bonchev–Trinajstić information content (AvgIpc) is 2.65. The highest BCUT2D eigenvalue weighted by atomic mass is 32.2. The summed E-state index contributed by atoms with van der Waals surface area (Å²) in [7, 11) is -0.0115. The predicted molar refractivity (Wildman–Crippen MR) is 115 cm³/mol. The van der Waals surface area contributed by atoms with E-state index in [1.165, 1.54) is 13.2 Å². The number of hydrogen-bond donors (Lipinski definition) is 1. The van der Waals surface area contributed by atoms with Crippen molar-refractivity contribution in [3.63, 3.8) is 0 Å². The quantitative estimate of drug-likeness (QED) is 0.550. The number of ether oxygens (including phenoxy) is 1. The van der Waals surface area contributed by atoms with Crippen LogP contribution in [0.5, 0.6) is 5.75 Å². The van der Waals surface area contributed by atoms with E-state index in [2.05, 4.69) is 20.1 Å².